The van der Waals surface area contributed by atoms with Crippen molar-refractivity contribution in [3.8, 4) is 17.1 Å². The number of hydrogen-bond acceptors (Lipinski definition) is 4. The van der Waals surface area contributed by atoms with Gasteiger partial charge < -0.3 is 4.42 Å². The Hall–Kier alpha value is -2.22. The highest BCUT2D eigenvalue weighted by Crippen LogP contribution is 2.26. The highest BCUT2D eigenvalue weighted by molar-refractivity contribution is 14.1. The molecule has 0 bridgehead atoms. The van der Waals surface area contributed by atoms with Crippen LogP contribution in [0.2, 0.25) is 0 Å². The minimum Gasteiger partial charge on any atom is -0.436 e. The van der Waals surface area contributed by atoms with Crippen LogP contribution in [0.4, 0.5) is 0 Å². The Morgan fingerprint density at radius 1 is 1.00 bits per heavy atom. The second-order valence-electron chi connectivity index (χ2n) is 4.55. The molecule has 0 aliphatic carbocycles. The van der Waals surface area contributed by atoms with Gasteiger partial charge in [0, 0.05) is 15.2 Å². The highest BCUT2D eigenvalue weighted by Gasteiger charge is 2.09. The van der Waals surface area contributed by atoms with Crippen molar-refractivity contribution in [2.75, 3.05) is 0 Å². The summed E-state index contributed by atoms with van der Waals surface area (Å²) in [5.74, 6) is 0.629. The van der Waals surface area contributed by atoms with Gasteiger partial charge in [-0.25, -0.2) is 4.98 Å². The first kappa shape index (κ1) is 12.5. The number of halogens is 1. The molecule has 21 heavy (non-hydrogen) atoms. The van der Waals surface area contributed by atoms with Crippen LogP contribution in [-0.4, -0.2) is 19.7 Å². The predicted octanol–water partition coefficient (Wildman–Crippen LogP) is 3.68. The van der Waals surface area contributed by atoms with E-state index in [0.717, 1.165) is 25.9 Å². The summed E-state index contributed by atoms with van der Waals surface area (Å²) in [5.41, 5.74) is 3.50. The second kappa shape index (κ2) is 4.96. The maximum absolute atomic E-state index is 5.88. The summed E-state index contributed by atoms with van der Waals surface area (Å²) in [6.45, 7) is 0. The standard InChI is InChI=1S/C15H9IN4O/c16-11-3-1-2-10(6-11)15-19-13-5-4-12(7-14(13)21-15)20-8-17-18-9-20/h1-9H. The molecule has 2 aromatic heterocycles. The first-order valence-corrected chi connectivity index (χ1v) is 7.39. The third-order valence-electron chi connectivity index (χ3n) is 3.16. The van der Waals surface area contributed by atoms with E-state index in [0.29, 0.717) is 5.89 Å². The molecule has 2 aromatic carbocycles. The van der Waals surface area contributed by atoms with Crippen molar-refractivity contribution in [1.29, 1.82) is 0 Å². The van der Waals surface area contributed by atoms with Crippen LogP contribution < -0.4 is 0 Å². The second-order valence-corrected chi connectivity index (χ2v) is 5.80. The fourth-order valence-corrected chi connectivity index (χ4v) is 2.70. The van der Waals surface area contributed by atoms with Crippen LogP contribution in [-0.2, 0) is 0 Å². The first-order chi connectivity index (χ1) is 10.3. The largest absolute Gasteiger partial charge is 0.436 e. The maximum atomic E-state index is 5.88. The lowest BCUT2D eigenvalue weighted by Gasteiger charge is -1.98. The molecular weight excluding hydrogens is 379 g/mol. The van der Waals surface area contributed by atoms with Crippen LogP contribution in [0.3, 0.4) is 0 Å². The average molecular weight is 388 g/mol. The van der Waals surface area contributed by atoms with Crippen molar-refractivity contribution < 1.29 is 4.42 Å². The van der Waals surface area contributed by atoms with E-state index in [1.165, 1.54) is 0 Å². The number of oxazole rings is 1. The van der Waals surface area contributed by atoms with Gasteiger partial charge in [-0.15, -0.1) is 10.2 Å². The van der Waals surface area contributed by atoms with Gasteiger partial charge in [-0.2, -0.15) is 0 Å². The summed E-state index contributed by atoms with van der Waals surface area (Å²) < 4.78 is 8.86. The van der Waals surface area contributed by atoms with Gasteiger partial charge in [0.25, 0.3) is 0 Å². The Kier molecular flexibility index (Phi) is 2.95. The molecule has 102 valence electrons. The first-order valence-electron chi connectivity index (χ1n) is 6.31. The smallest absolute Gasteiger partial charge is 0.227 e. The molecular formula is C15H9IN4O. The third-order valence-corrected chi connectivity index (χ3v) is 3.83. The van der Waals surface area contributed by atoms with E-state index < -0.39 is 0 Å². The van der Waals surface area contributed by atoms with Gasteiger partial charge in [0.2, 0.25) is 5.89 Å². The molecule has 0 saturated heterocycles. The normalized spacial score (nSPS) is 11.1. The van der Waals surface area contributed by atoms with Crippen LogP contribution in [0.15, 0.2) is 59.5 Å². The number of fused-ring (bicyclic) bond motifs is 1. The number of nitrogens with zero attached hydrogens (tertiary/aromatic N) is 4. The van der Waals surface area contributed by atoms with Crippen molar-refractivity contribution in [3.05, 3.63) is 58.7 Å². The number of benzene rings is 2. The number of aromatic nitrogens is 4. The van der Waals surface area contributed by atoms with Crippen molar-refractivity contribution in [1.82, 2.24) is 19.7 Å². The Morgan fingerprint density at radius 2 is 1.86 bits per heavy atom. The third kappa shape index (κ3) is 2.31. The lowest BCUT2D eigenvalue weighted by Crippen LogP contribution is -1.88. The zero-order chi connectivity index (χ0) is 14.2. The fourth-order valence-electron chi connectivity index (χ4n) is 2.15. The molecule has 0 N–H and O–H groups in total. The fraction of sp³-hybridized carbons (Fsp3) is 0. The van der Waals surface area contributed by atoms with Crippen molar-refractivity contribution >= 4 is 33.7 Å². The monoisotopic (exact) mass is 388 g/mol. The van der Waals surface area contributed by atoms with Crippen molar-refractivity contribution in [2.45, 2.75) is 0 Å². The molecule has 0 fully saturated rings. The predicted molar refractivity (Wildman–Crippen MR) is 87.1 cm³/mol. The van der Waals surface area contributed by atoms with Crippen molar-refractivity contribution in [2.24, 2.45) is 0 Å². The van der Waals surface area contributed by atoms with Gasteiger partial charge in [-0.05, 0) is 52.9 Å². The van der Waals surface area contributed by atoms with E-state index in [4.69, 9.17) is 4.42 Å². The average Bonchev–Trinajstić information content (AvgIpc) is 3.16. The summed E-state index contributed by atoms with van der Waals surface area (Å²) in [4.78, 5) is 4.54. The van der Waals surface area contributed by atoms with Crippen LogP contribution in [0.25, 0.3) is 28.2 Å². The van der Waals surface area contributed by atoms with E-state index in [9.17, 15) is 0 Å². The van der Waals surface area contributed by atoms with Crippen LogP contribution >= 0.6 is 22.6 Å². The van der Waals surface area contributed by atoms with Crippen molar-refractivity contribution in [3.63, 3.8) is 0 Å². The number of rotatable bonds is 2. The van der Waals surface area contributed by atoms with Gasteiger partial charge in [0.1, 0.15) is 18.2 Å². The summed E-state index contributed by atoms with van der Waals surface area (Å²) in [6.07, 6.45) is 3.30. The number of hydrogen-bond donors (Lipinski definition) is 0. The zero-order valence-electron chi connectivity index (χ0n) is 10.8. The van der Waals surface area contributed by atoms with Gasteiger partial charge in [0.05, 0.1) is 5.69 Å². The lowest BCUT2D eigenvalue weighted by molar-refractivity contribution is 0.619. The Morgan fingerprint density at radius 3 is 2.67 bits per heavy atom. The van der Waals surface area contributed by atoms with E-state index in [2.05, 4.69) is 37.8 Å². The quantitative estimate of drug-likeness (QED) is 0.492. The molecule has 0 atom stereocenters. The lowest BCUT2D eigenvalue weighted by atomic mass is 10.2. The van der Waals surface area contributed by atoms with Crippen LogP contribution in [0, 0.1) is 3.57 Å². The van der Waals surface area contributed by atoms with Crippen LogP contribution in [0.1, 0.15) is 0 Å². The molecule has 0 aliphatic rings. The summed E-state index contributed by atoms with van der Waals surface area (Å²) in [5, 5.41) is 7.61. The highest BCUT2D eigenvalue weighted by atomic mass is 127. The molecule has 0 amide bonds. The minimum atomic E-state index is 0.629. The minimum absolute atomic E-state index is 0.629. The molecule has 6 heteroatoms. The molecule has 5 nitrogen and oxygen atoms in total. The molecule has 0 spiro atoms. The zero-order valence-corrected chi connectivity index (χ0v) is 12.9. The summed E-state index contributed by atoms with van der Waals surface area (Å²) in [6, 6.07) is 13.9. The molecule has 0 saturated carbocycles. The molecule has 4 rings (SSSR count). The topological polar surface area (TPSA) is 56.7 Å². The Bertz CT molecular complexity index is 914. The van der Waals surface area contributed by atoms with E-state index >= 15 is 0 Å². The van der Waals surface area contributed by atoms with E-state index in [1.807, 2.05) is 47.0 Å². The van der Waals surface area contributed by atoms with Crippen LogP contribution in [0.5, 0.6) is 0 Å². The molecule has 0 aliphatic heterocycles. The summed E-state index contributed by atoms with van der Waals surface area (Å²) >= 11 is 2.28. The SMILES string of the molecule is Ic1cccc(-c2nc3ccc(-n4cnnc4)cc3o2)c1. The van der Waals surface area contributed by atoms with E-state index in [-0.39, 0.29) is 0 Å². The molecule has 4 aromatic rings. The Balaban J connectivity index is 1.83. The molecule has 0 radical (unpaired) electrons. The molecule has 2 heterocycles. The van der Waals surface area contributed by atoms with E-state index in [1.54, 1.807) is 12.7 Å². The van der Waals surface area contributed by atoms with Gasteiger partial charge in [0.15, 0.2) is 5.58 Å². The van der Waals surface area contributed by atoms with Gasteiger partial charge in [-0.3, -0.25) is 4.57 Å². The maximum Gasteiger partial charge on any atom is 0.227 e. The van der Waals surface area contributed by atoms with Gasteiger partial charge >= 0.3 is 0 Å². The summed E-state index contributed by atoms with van der Waals surface area (Å²) in [7, 11) is 0. The molecule has 0 unspecified atom stereocenters. The Labute approximate surface area is 133 Å². The van der Waals surface area contributed by atoms with Gasteiger partial charge in [-0.1, -0.05) is 6.07 Å².